The van der Waals surface area contributed by atoms with Crippen molar-refractivity contribution in [2.24, 2.45) is 0 Å². The van der Waals surface area contributed by atoms with Gasteiger partial charge in [-0.15, -0.1) is 0 Å². The molecule has 0 fully saturated rings. The zero-order valence-electron chi connectivity index (χ0n) is 13.7. The van der Waals surface area contributed by atoms with Crippen LogP contribution >= 0.6 is 0 Å². The Morgan fingerprint density at radius 1 is 1.00 bits per heavy atom. The second kappa shape index (κ2) is 7.56. The molecule has 2 N–H and O–H groups in total. The first-order valence-corrected chi connectivity index (χ1v) is 7.54. The van der Waals surface area contributed by atoms with Crippen molar-refractivity contribution in [1.82, 2.24) is 9.97 Å². The van der Waals surface area contributed by atoms with Crippen LogP contribution in [0, 0.1) is 11.6 Å². The van der Waals surface area contributed by atoms with Gasteiger partial charge in [-0.3, -0.25) is 0 Å². The van der Waals surface area contributed by atoms with Crippen molar-refractivity contribution in [3.8, 4) is 0 Å². The van der Waals surface area contributed by atoms with Crippen molar-refractivity contribution in [1.29, 1.82) is 0 Å². The van der Waals surface area contributed by atoms with E-state index >= 15 is 0 Å². The molecule has 0 saturated heterocycles. The van der Waals surface area contributed by atoms with E-state index in [1.807, 2.05) is 0 Å². The molecule has 0 unspecified atom stereocenters. The maximum atomic E-state index is 13.7. The fraction of sp³-hybridized carbons (Fsp3) is 0.0556. The Bertz CT molecular complexity index is 950. The van der Waals surface area contributed by atoms with Gasteiger partial charge in [0, 0.05) is 17.8 Å². The summed E-state index contributed by atoms with van der Waals surface area (Å²) >= 11 is 0. The Hall–Kier alpha value is -3.55. The van der Waals surface area contributed by atoms with E-state index in [9.17, 15) is 13.6 Å². The van der Waals surface area contributed by atoms with Crippen LogP contribution in [0.15, 0.2) is 54.9 Å². The van der Waals surface area contributed by atoms with Gasteiger partial charge in [-0.1, -0.05) is 6.07 Å². The average Bonchev–Trinajstić information content (AvgIpc) is 2.64. The lowest BCUT2D eigenvalue weighted by Crippen LogP contribution is -2.03. The van der Waals surface area contributed by atoms with Crippen LogP contribution in [0.5, 0.6) is 0 Å². The lowest BCUT2D eigenvalue weighted by atomic mass is 10.2. The molecule has 0 atom stereocenters. The summed E-state index contributed by atoms with van der Waals surface area (Å²) in [4.78, 5) is 19.7. The minimum Gasteiger partial charge on any atom is -0.465 e. The molecule has 0 spiro atoms. The van der Waals surface area contributed by atoms with E-state index in [1.54, 1.807) is 30.3 Å². The van der Waals surface area contributed by atoms with Crippen LogP contribution in [0.25, 0.3) is 0 Å². The van der Waals surface area contributed by atoms with Crippen LogP contribution < -0.4 is 10.6 Å². The first-order valence-electron chi connectivity index (χ1n) is 7.54. The molecule has 132 valence electrons. The van der Waals surface area contributed by atoms with Crippen molar-refractivity contribution in [2.45, 2.75) is 0 Å². The number of carbonyl (C=O) groups is 1. The number of nitrogens with zero attached hydrogens (tertiary/aromatic N) is 2. The zero-order chi connectivity index (χ0) is 18.5. The lowest BCUT2D eigenvalue weighted by molar-refractivity contribution is 0.0601. The van der Waals surface area contributed by atoms with Crippen LogP contribution in [0.2, 0.25) is 0 Å². The summed E-state index contributed by atoms with van der Waals surface area (Å²) in [7, 11) is 1.30. The number of anilines is 4. The van der Waals surface area contributed by atoms with E-state index in [4.69, 9.17) is 0 Å². The molecule has 0 saturated carbocycles. The molecule has 1 aromatic heterocycles. The second-order valence-corrected chi connectivity index (χ2v) is 5.24. The molecule has 3 rings (SSSR count). The Morgan fingerprint density at radius 2 is 1.77 bits per heavy atom. The fourth-order valence-electron chi connectivity index (χ4n) is 2.21. The summed E-state index contributed by atoms with van der Waals surface area (Å²) in [5.74, 6) is -1.11. The number of esters is 1. The van der Waals surface area contributed by atoms with Gasteiger partial charge in [-0.25, -0.2) is 23.5 Å². The summed E-state index contributed by atoms with van der Waals surface area (Å²) in [5, 5.41) is 5.78. The van der Waals surface area contributed by atoms with Crippen LogP contribution in [-0.4, -0.2) is 23.0 Å². The highest BCUT2D eigenvalue weighted by atomic mass is 19.1. The van der Waals surface area contributed by atoms with Gasteiger partial charge in [0.2, 0.25) is 0 Å². The minimum atomic E-state index is -0.732. The number of rotatable bonds is 5. The Labute approximate surface area is 147 Å². The van der Waals surface area contributed by atoms with Crippen LogP contribution in [0.4, 0.5) is 31.8 Å². The van der Waals surface area contributed by atoms with E-state index in [0.29, 0.717) is 22.9 Å². The summed E-state index contributed by atoms with van der Waals surface area (Å²) in [5.41, 5.74) is 1.09. The van der Waals surface area contributed by atoms with E-state index in [1.165, 1.54) is 19.5 Å². The molecule has 26 heavy (non-hydrogen) atoms. The number of hydrogen-bond donors (Lipinski definition) is 2. The molecular weight excluding hydrogens is 342 g/mol. The summed E-state index contributed by atoms with van der Waals surface area (Å²) in [6.45, 7) is 0. The molecule has 0 aliphatic carbocycles. The average molecular weight is 356 g/mol. The van der Waals surface area contributed by atoms with Gasteiger partial charge in [-0.05, 0) is 30.3 Å². The zero-order valence-corrected chi connectivity index (χ0v) is 13.7. The molecule has 0 radical (unpaired) electrons. The normalized spacial score (nSPS) is 10.3. The predicted octanol–water partition coefficient (Wildman–Crippen LogP) is 4.03. The number of nitrogens with one attached hydrogen (secondary N) is 2. The van der Waals surface area contributed by atoms with Crippen molar-refractivity contribution in [2.75, 3.05) is 17.7 Å². The number of ether oxygens (including phenoxy) is 1. The van der Waals surface area contributed by atoms with Crippen molar-refractivity contribution < 1.29 is 18.3 Å². The van der Waals surface area contributed by atoms with Crippen molar-refractivity contribution in [3.05, 3.63) is 72.1 Å². The number of benzene rings is 2. The SMILES string of the molecule is COC(=O)c1cccc(Nc2cc(Nc3ccc(F)cc3F)ncn2)c1. The number of aromatic nitrogens is 2. The molecule has 3 aromatic rings. The highest BCUT2D eigenvalue weighted by Gasteiger charge is 2.08. The van der Waals surface area contributed by atoms with Gasteiger partial charge in [0.15, 0.2) is 0 Å². The third kappa shape index (κ3) is 4.10. The first-order chi connectivity index (χ1) is 12.5. The summed E-state index contributed by atoms with van der Waals surface area (Å²) in [6.07, 6.45) is 1.29. The fourth-order valence-corrected chi connectivity index (χ4v) is 2.21. The standard InChI is InChI=1S/C18H14F2N4O2/c1-26-18(25)11-3-2-4-13(7-11)23-16-9-17(22-10-21-16)24-15-6-5-12(19)8-14(15)20/h2-10H,1H3,(H2,21,22,23,24). The number of carbonyl (C=O) groups excluding carboxylic acids is 1. The Balaban J connectivity index is 1.78. The number of hydrogen-bond acceptors (Lipinski definition) is 6. The van der Waals surface area contributed by atoms with Crippen LogP contribution in [0.1, 0.15) is 10.4 Å². The van der Waals surface area contributed by atoms with Gasteiger partial charge >= 0.3 is 5.97 Å². The van der Waals surface area contributed by atoms with Crippen LogP contribution in [-0.2, 0) is 4.74 Å². The molecule has 8 heteroatoms. The third-order valence-electron chi connectivity index (χ3n) is 3.42. The van der Waals surface area contributed by atoms with Gasteiger partial charge in [-0.2, -0.15) is 0 Å². The van der Waals surface area contributed by atoms with Gasteiger partial charge in [0.1, 0.15) is 29.6 Å². The maximum absolute atomic E-state index is 13.7. The van der Waals surface area contributed by atoms with Crippen molar-refractivity contribution in [3.63, 3.8) is 0 Å². The molecule has 0 bridgehead atoms. The van der Waals surface area contributed by atoms with Crippen LogP contribution in [0.3, 0.4) is 0 Å². The smallest absolute Gasteiger partial charge is 0.337 e. The Kier molecular flexibility index (Phi) is 5.02. The van der Waals surface area contributed by atoms with E-state index in [0.717, 1.165) is 12.1 Å². The maximum Gasteiger partial charge on any atom is 0.337 e. The molecule has 0 aliphatic heterocycles. The summed E-state index contributed by atoms with van der Waals surface area (Å²) in [6, 6.07) is 11.4. The molecule has 0 amide bonds. The van der Waals surface area contributed by atoms with Gasteiger partial charge in [0.05, 0.1) is 18.4 Å². The largest absolute Gasteiger partial charge is 0.465 e. The molecular formula is C18H14F2N4O2. The monoisotopic (exact) mass is 356 g/mol. The highest BCUT2D eigenvalue weighted by molar-refractivity contribution is 5.90. The van der Waals surface area contributed by atoms with E-state index in [-0.39, 0.29) is 5.69 Å². The minimum absolute atomic E-state index is 0.0868. The third-order valence-corrected chi connectivity index (χ3v) is 3.42. The number of halogens is 2. The molecule has 6 nitrogen and oxygen atoms in total. The predicted molar refractivity (Wildman–Crippen MR) is 92.7 cm³/mol. The molecule has 2 aromatic carbocycles. The first kappa shape index (κ1) is 17.3. The van der Waals surface area contributed by atoms with Crippen molar-refractivity contribution >= 4 is 29.0 Å². The lowest BCUT2D eigenvalue weighted by Gasteiger charge is -2.10. The summed E-state index contributed by atoms with van der Waals surface area (Å²) < 4.78 is 31.4. The topological polar surface area (TPSA) is 76.1 Å². The van der Waals surface area contributed by atoms with Gasteiger partial charge in [0.25, 0.3) is 0 Å². The molecule has 0 aliphatic rings. The van der Waals surface area contributed by atoms with E-state index in [2.05, 4.69) is 25.3 Å². The highest BCUT2D eigenvalue weighted by Crippen LogP contribution is 2.22. The van der Waals surface area contributed by atoms with Gasteiger partial charge < -0.3 is 15.4 Å². The Morgan fingerprint density at radius 3 is 2.50 bits per heavy atom. The van der Waals surface area contributed by atoms with E-state index < -0.39 is 17.6 Å². The second-order valence-electron chi connectivity index (χ2n) is 5.24. The molecule has 1 heterocycles. The number of methoxy groups -OCH3 is 1. The quantitative estimate of drug-likeness (QED) is 0.672.